The van der Waals surface area contributed by atoms with Gasteiger partial charge in [0, 0.05) is 36.1 Å². The topological polar surface area (TPSA) is 32.3 Å². The second-order valence-electron chi connectivity index (χ2n) is 4.71. The number of rotatable bonds is 2. The minimum Gasteiger partial charge on any atom is -0.335 e. The summed E-state index contributed by atoms with van der Waals surface area (Å²) in [5, 5.41) is 3.98. The average Bonchev–Trinajstić information content (AvgIpc) is 2.98. The normalized spacial score (nSPS) is 15.3. The fourth-order valence-electron chi connectivity index (χ4n) is 2.25. The van der Waals surface area contributed by atoms with Crippen molar-refractivity contribution in [1.29, 1.82) is 0 Å². The van der Waals surface area contributed by atoms with Gasteiger partial charge < -0.3 is 10.2 Å². The first-order valence-corrected chi connectivity index (χ1v) is 7.79. The SMILES string of the molecule is O=C(c1ccc(-c2ccc(Cl)cc2)s1)N1CCNCC1. The number of benzene rings is 1. The molecule has 0 spiro atoms. The highest BCUT2D eigenvalue weighted by molar-refractivity contribution is 7.17. The Kier molecular flexibility index (Phi) is 4.05. The van der Waals surface area contributed by atoms with E-state index in [2.05, 4.69) is 5.32 Å². The molecule has 3 nitrogen and oxygen atoms in total. The maximum atomic E-state index is 12.4. The van der Waals surface area contributed by atoms with E-state index in [1.807, 2.05) is 41.3 Å². The van der Waals surface area contributed by atoms with Gasteiger partial charge in [-0.25, -0.2) is 0 Å². The maximum Gasteiger partial charge on any atom is 0.264 e. The molecule has 1 saturated heterocycles. The van der Waals surface area contributed by atoms with Gasteiger partial charge >= 0.3 is 0 Å². The summed E-state index contributed by atoms with van der Waals surface area (Å²) in [6.45, 7) is 3.32. The Bertz CT molecular complexity index is 603. The predicted molar refractivity (Wildman–Crippen MR) is 83.5 cm³/mol. The molecular formula is C15H15ClN2OS. The molecule has 1 fully saturated rings. The molecule has 0 bridgehead atoms. The minimum atomic E-state index is 0.136. The van der Waals surface area contributed by atoms with Gasteiger partial charge in [-0.1, -0.05) is 23.7 Å². The van der Waals surface area contributed by atoms with Crippen LogP contribution in [-0.2, 0) is 0 Å². The number of halogens is 1. The molecule has 2 heterocycles. The Balaban J connectivity index is 1.79. The van der Waals surface area contributed by atoms with Gasteiger partial charge in [-0.2, -0.15) is 0 Å². The molecule has 1 amide bonds. The third-order valence-corrected chi connectivity index (χ3v) is 4.72. The summed E-state index contributed by atoms with van der Waals surface area (Å²) in [6, 6.07) is 11.6. The van der Waals surface area contributed by atoms with Crippen LogP contribution in [0.2, 0.25) is 5.02 Å². The highest BCUT2D eigenvalue weighted by Gasteiger charge is 2.19. The molecule has 2 aromatic rings. The van der Waals surface area contributed by atoms with Crippen LogP contribution in [-0.4, -0.2) is 37.0 Å². The summed E-state index contributed by atoms with van der Waals surface area (Å²) in [5.74, 6) is 0.136. The third-order valence-electron chi connectivity index (χ3n) is 3.35. The maximum absolute atomic E-state index is 12.4. The number of thiophene rings is 1. The number of carbonyl (C=O) groups is 1. The molecule has 1 N–H and O–H groups in total. The number of nitrogens with zero attached hydrogens (tertiary/aromatic N) is 1. The standard InChI is InChI=1S/C15H15ClN2OS/c16-12-3-1-11(2-4-12)13-5-6-14(20-13)15(19)18-9-7-17-8-10-18/h1-6,17H,7-10H2. The summed E-state index contributed by atoms with van der Waals surface area (Å²) in [4.78, 5) is 16.2. The molecule has 3 rings (SSSR count). The van der Waals surface area contributed by atoms with E-state index >= 15 is 0 Å². The zero-order chi connectivity index (χ0) is 13.9. The van der Waals surface area contributed by atoms with Crippen LogP contribution in [0.4, 0.5) is 0 Å². The summed E-state index contributed by atoms with van der Waals surface area (Å²) < 4.78 is 0. The molecule has 1 aliphatic rings. The number of nitrogens with one attached hydrogen (secondary N) is 1. The quantitative estimate of drug-likeness (QED) is 0.924. The fourth-order valence-corrected chi connectivity index (χ4v) is 3.35. The van der Waals surface area contributed by atoms with Crippen molar-refractivity contribution in [3.05, 3.63) is 46.3 Å². The van der Waals surface area contributed by atoms with Crippen LogP contribution >= 0.6 is 22.9 Å². The van der Waals surface area contributed by atoms with E-state index in [-0.39, 0.29) is 5.91 Å². The molecule has 1 aromatic heterocycles. The smallest absolute Gasteiger partial charge is 0.264 e. The van der Waals surface area contributed by atoms with Gasteiger partial charge in [0.1, 0.15) is 0 Å². The van der Waals surface area contributed by atoms with E-state index in [4.69, 9.17) is 11.6 Å². The number of amides is 1. The second-order valence-corrected chi connectivity index (χ2v) is 6.23. The van der Waals surface area contributed by atoms with E-state index < -0.39 is 0 Å². The van der Waals surface area contributed by atoms with Crippen molar-refractivity contribution in [1.82, 2.24) is 10.2 Å². The first-order valence-electron chi connectivity index (χ1n) is 6.60. The zero-order valence-electron chi connectivity index (χ0n) is 10.9. The van der Waals surface area contributed by atoms with Crippen LogP contribution in [0.25, 0.3) is 10.4 Å². The van der Waals surface area contributed by atoms with Crippen molar-refractivity contribution in [2.45, 2.75) is 0 Å². The molecule has 0 unspecified atom stereocenters. The van der Waals surface area contributed by atoms with Crippen LogP contribution < -0.4 is 5.32 Å². The molecule has 20 heavy (non-hydrogen) atoms. The Morgan fingerprint density at radius 3 is 2.50 bits per heavy atom. The number of hydrogen-bond acceptors (Lipinski definition) is 3. The van der Waals surface area contributed by atoms with E-state index in [0.717, 1.165) is 46.5 Å². The van der Waals surface area contributed by atoms with Crippen molar-refractivity contribution in [2.75, 3.05) is 26.2 Å². The second kappa shape index (κ2) is 5.95. The molecular weight excluding hydrogens is 292 g/mol. The van der Waals surface area contributed by atoms with Crippen molar-refractivity contribution >= 4 is 28.8 Å². The molecule has 5 heteroatoms. The van der Waals surface area contributed by atoms with E-state index in [0.29, 0.717) is 0 Å². The Morgan fingerprint density at radius 2 is 1.80 bits per heavy atom. The van der Waals surface area contributed by atoms with Gasteiger partial charge in [0.05, 0.1) is 4.88 Å². The number of hydrogen-bond donors (Lipinski definition) is 1. The Labute approximate surface area is 127 Å². The minimum absolute atomic E-state index is 0.136. The molecule has 0 aliphatic carbocycles. The molecule has 0 radical (unpaired) electrons. The van der Waals surface area contributed by atoms with Crippen LogP contribution in [0.1, 0.15) is 9.67 Å². The largest absolute Gasteiger partial charge is 0.335 e. The van der Waals surface area contributed by atoms with Crippen molar-refractivity contribution in [3.8, 4) is 10.4 Å². The summed E-state index contributed by atoms with van der Waals surface area (Å²) in [7, 11) is 0. The van der Waals surface area contributed by atoms with Gasteiger partial charge in [0.15, 0.2) is 0 Å². The lowest BCUT2D eigenvalue weighted by atomic mass is 10.2. The van der Waals surface area contributed by atoms with Gasteiger partial charge in [0.2, 0.25) is 0 Å². The lowest BCUT2D eigenvalue weighted by molar-refractivity contribution is 0.0740. The molecule has 104 valence electrons. The van der Waals surface area contributed by atoms with Gasteiger partial charge in [-0.15, -0.1) is 11.3 Å². The fraction of sp³-hybridized carbons (Fsp3) is 0.267. The van der Waals surface area contributed by atoms with Crippen molar-refractivity contribution < 1.29 is 4.79 Å². The van der Waals surface area contributed by atoms with Crippen LogP contribution in [0.15, 0.2) is 36.4 Å². The van der Waals surface area contributed by atoms with Crippen LogP contribution in [0.3, 0.4) is 0 Å². The van der Waals surface area contributed by atoms with Gasteiger partial charge in [-0.3, -0.25) is 4.79 Å². The van der Waals surface area contributed by atoms with Crippen molar-refractivity contribution in [2.24, 2.45) is 0 Å². The molecule has 1 aromatic carbocycles. The van der Waals surface area contributed by atoms with E-state index in [1.165, 1.54) is 11.3 Å². The van der Waals surface area contributed by atoms with Gasteiger partial charge in [0.25, 0.3) is 5.91 Å². The van der Waals surface area contributed by atoms with E-state index in [1.54, 1.807) is 0 Å². The first kappa shape index (κ1) is 13.6. The highest BCUT2D eigenvalue weighted by Crippen LogP contribution is 2.29. The number of carbonyl (C=O) groups excluding carboxylic acids is 1. The summed E-state index contributed by atoms with van der Waals surface area (Å²) in [6.07, 6.45) is 0. The van der Waals surface area contributed by atoms with Crippen molar-refractivity contribution in [3.63, 3.8) is 0 Å². The predicted octanol–water partition coefficient (Wildman–Crippen LogP) is 3.11. The van der Waals surface area contributed by atoms with E-state index in [9.17, 15) is 4.79 Å². The Hall–Kier alpha value is -1.36. The van der Waals surface area contributed by atoms with Crippen LogP contribution in [0.5, 0.6) is 0 Å². The lowest BCUT2D eigenvalue weighted by Gasteiger charge is -2.26. The average molecular weight is 307 g/mol. The molecule has 0 saturated carbocycles. The zero-order valence-corrected chi connectivity index (χ0v) is 12.5. The Morgan fingerprint density at radius 1 is 1.10 bits per heavy atom. The van der Waals surface area contributed by atoms with Gasteiger partial charge in [-0.05, 0) is 29.8 Å². The summed E-state index contributed by atoms with van der Waals surface area (Å²) in [5.41, 5.74) is 1.10. The third kappa shape index (κ3) is 2.87. The first-order chi connectivity index (χ1) is 9.74. The van der Waals surface area contributed by atoms with Crippen LogP contribution in [0, 0.1) is 0 Å². The molecule has 1 aliphatic heterocycles. The molecule has 0 atom stereocenters. The lowest BCUT2D eigenvalue weighted by Crippen LogP contribution is -2.46. The highest BCUT2D eigenvalue weighted by atomic mass is 35.5. The number of piperazine rings is 1. The summed E-state index contributed by atoms with van der Waals surface area (Å²) >= 11 is 7.43. The monoisotopic (exact) mass is 306 g/mol.